The van der Waals surface area contributed by atoms with Gasteiger partial charge in [0.15, 0.2) is 0 Å². The molecule has 1 fully saturated rings. The second-order valence-corrected chi connectivity index (χ2v) is 16.9. The molecular weight excluding hydrogens is 781 g/mol. The molecule has 14 heteroatoms. The van der Waals surface area contributed by atoms with Crippen LogP contribution in [-0.4, -0.2) is 69.2 Å². The zero-order valence-corrected chi connectivity index (χ0v) is 35.2. The Bertz CT molecular complexity index is 3010. The first-order chi connectivity index (χ1) is 29.9. The van der Waals surface area contributed by atoms with Crippen molar-refractivity contribution in [2.45, 2.75) is 72.5 Å². The van der Waals surface area contributed by atoms with Crippen LogP contribution >= 0.6 is 0 Å². The number of aromatic nitrogens is 6. The molecule has 1 aliphatic carbocycles. The molecule has 1 saturated carbocycles. The van der Waals surface area contributed by atoms with E-state index in [1.165, 1.54) is 0 Å². The first kappa shape index (κ1) is 38.8. The largest absolute Gasteiger partial charge is 0.465 e. The van der Waals surface area contributed by atoms with Crippen LogP contribution in [0.15, 0.2) is 91.6 Å². The molecule has 10 rings (SSSR count). The van der Waals surface area contributed by atoms with E-state index >= 15 is 4.79 Å². The summed E-state index contributed by atoms with van der Waals surface area (Å²) >= 11 is 0. The highest BCUT2D eigenvalue weighted by molar-refractivity contribution is 6.11. The number of nitrogens with one attached hydrogen (secondary N) is 2. The summed E-state index contributed by atoms with van der Waals surface area (Å²) in [5.74, 6) is -0.0800. The Kier molecular flexibility index (Phi) is 9.01. The van der Waals surface area contributed by atoms with E-state index in [1.54, 1.807) is 22.3 Å². The first-order valence-corrected chi connectivity index (χ1v) is 21.0. The summed E-state index contributed by atoms with van der Waals surface area (Å²) < 4.78 is 5.63. The van der Waals surface area contributed by atoms with Gasteiger partial charge in [0.25, 0.3) is 11.8 Å². The van der Waals surface area contributed by atoms with Crippen LogP contribution < -0.4 is 10.2 Å². The van der Waals surface area contributed by atoms with Crippen molar-refractivity contribution in [1.29, 1.82) is 5.41 Å². The number of carboxylic acid groups (broad SMARTS) is 1. The van der Waals surface area contributed by atoms with Crippen LogP contribution in [0.3, 0.4) is 0 Å². The van der Waals surface area contributed by atoms with E-state index < -0.39 is 11.6 Å². The molecule has 3 amide bonds. The number of hydrogen-bond acceptors (Lipinski definition) is 7. The third-order valence-corrected chi connectivity index (χ3v) is 13.0. The molecule has 14 nitrogen and oxygen atoms in total. The van der Waals surface area contributed by atoms with Gasteiger partial charge in [-0.3, -0.25) is 30.2 Å². The highest BCUT2D eigenvalue weighted by Gasteiger charge is 2.59. The number of nitrogens with zero attached hydrogens (tertiary/aromatic N) is 8. The molecule has 0 bridgehead atoms. The maximum absolute atomic E-state index is 15.3. The van der Waals surface area contributed by atoms with Crippen LogP contribution in [0.25, 0.3) is 33.4 Å². The number of amidine groups is 1. The van der Waals surface area contributed by atoms with Gasteiger partial charge in [0.05, 0.1) is 30.8 Å². The average Bonchev–Trinajstić information content (AvgIpc) is 3.77. The number of aryl methyl sites for hydroxylation is 3. The van der Waals surface area contributed by atoms with E-state index in [1.807, 2.05) is 89.4 Å². The van der Waals surface area contributed by atoms with E-state index in [4.69, 9.17) is 10.5 Å². The van der Waals surface area contributed by atoms with Crippen molar-refractivity contribution in [3.05, 3.63) is 142 Å². The topological polar surface area (TPSA) is 167 Å². The van der Waals surface area contributed by atoms with Gasteiger partial charge in [-0.05, 0) is 121 Å². The number of rotatable bonds is 8. The summed E-state index contributed by atoms with van der Waals surface area (Å²) in [7, 11) is 0. The molecule has 4 aromatic heterocycles. The Labute approximate surface area is 358 Å². The lowest BCUT2D eigenvalue weighted by Gasteiger charge is -2.30. The van der Waals surface area contributed by atoms with Gasteiger partial charge in [-0.2, -0.15) is 5.10 Å². The van der Waals surface area contributed by atoms with Gasteiger partial charge in [-0.15, -0.1) is 0 Å². The molecule has 312 valence electrons. The Morgan fingerprint density at radius 2 is 1.74 bits per heavy atom. The first-order valence-electron chi connectivity index (χ1n) is 21.0. The molecule has 6 heterocycles. The second-order valence-electron chi connectivity index (χ2n) is 16.9. The average molecular weight is 827 g/mol. The zero-order valence-electron chi connectivity index (χ0n) is 35.2. The van der Waals surface area contributed by atoms with E-state index in [-0.39, 0.29) is 30.1 Å². The van der Waals surface area contributed by atoms with Gasteiger partial charge >= 0.3 is 6.09 Å². The number of imidazole rings is 1. The van der Waals surface area contributed by atoms with Crippen molar-refractivity contribution >= 4 is 40.5 Å². The summed E-state index contributed by atoms with van der Waals surface area (Å²) in [6.07, 6.45) is 7.48. The molecule has 3 N–H and O–H groups in total. The van der Waals surface area contributed by atoms with E-state index in [0.29, 0.717) is 43.0 Å². The third kappa shape index (κ3) is 6.11. The monoisotopic (exact) mass is 826 g/mol. The quantitative estimate of drug-likeness (QED) is 0.103. The second kappa shape index (κ2) is 14.4. The Hall–Kier alpha value is -7.35. The van der Waals surface area contributed by atoms with Crippen molar-refractivity contribution in [1.82, 2.24) is 39.1 Å². The van der Waals surface area contributed by atoms with Gasteiger partial charge in [0, 0.05) is 65.0 Å². The van der Waals surface area contributed by atoms with Crippen LogP contribution in [0.1, 0.15) is 80.3 Å². The molecule has 0 saturated heterocycles. The van der Waals surface area contributed by atoms with Gasteiger partial charge in [0.1, 0.15) is 22.9 Å². The minimum Gasteiger partial charge on any atom is -0.465 e. The Morgan fingerprint density at radius 1 is 0.952 bits per heavy atom. The lowest BCUT2D eigenvalue weighted by Crippen LogP contribution is -2.44. The number of benzene rings is 3. The number of amides is 3. The number of anilines is 1. The molecule has 62 heavy (non-hydrogen) atoms. The van der Waals surface area contributed by atoms with E-state index in [0.717, 1.165) is 79.0 Å². The summed E-state index contributed by atoms with van der Waals surface area (Å²) in [6.45, 7) is 11.1. The van der Waals surface area contributed by atoms with Crippen molar-refractivity contribution in [3.63, 3.8) is 0 Å². The van der Waals surface area contributed by atoms with Gasteiger partial charge in [-0.1, -0.05) is 32.0 Å². The smallest absolute Gasteiger partial charge is 0.410 e. The molecule has 0 spiro atoms. The standard InChI is InChI=1S/C48H46N10O4/c1-6-39-30(5)36(11-13-51-39)31-8-10-41-33(20-31)21-42(57(41)48(23-29(48)4)46(49)52-47(61)62)45(60)54-15-12-40-38(25-54)43(58(53-40)35-18-27(2)17-28(3)19-35)56-24-32-7-9-34(22-37(32)44(56)59)55-16-14-50-26-55/h7-11,13-14,16-22,26,29H,6,12,15,23-25H2,1-5H3,(H2,49,52)(H,61,62)/t29-,48-/m0/s1. The fraction of sp³-hybridized carbons (Fsp3) is 0.271. The number of pyridine rings is 1. The molecule has 0 unspecified atom stereocenters. The molecule has 2 aliphatic heterocycles. The van der Waals surface area contributed by atoms with Crippen LogP contribution in [0.4, 0.5) is 10.6 Å². The maximum atomic E-state index is 15.3. The normalized spacial score (nSPS) is 18.0. The highest BCUT2D eigenvalue weighted by Crippen LogP contribution is 2.53. The van der Waals surface area contributed by atoms with Gasteiger partial charge in [0.2, 0.25) is 0 Å². The van der Waals surface area contributed by atoms with Crippen molar-refractivity contribution in [2.75, 3.05) is 11.4 Å². The number of carbonyl (C=O) groups excluding carboxylic acids is 2. The summed E-state index contributed by atoms with van der Waals surface area (Å²) in [4.78, 5) is 54.2. The van der Waals surface area contributed by atoms with Crippen LogP contribution in [0.5, 0.6) is 0 Å². The van der Waals surface area contributed by atoms with E-state index in [9.17, 15) is 14.7 Å². The van der Waals surface area contributed by atoms with Crippen molar-refractivity contribution in [3.8, 4) is 22.5 Å². The lowest BCUT2D eigenvalue weighted by molar-refractivity contribution is 0.0722. The molecule has 7 aromatic rings. The maximum Gasteiger partial charge on any atom is 0.410 e. The minimum atomic E-state index is -1.33. The van der Waals surface area contributed by atoms with Gasteiger partial charge in [-0.25, -0.2) is 14.5 Å². The molecule has 0 radical (unpaired) electrons. The Balaban J connectivity index is 1.08. The van der Waals surface area contributed by atoms with Crippen molar-refractivity contribution in [2.24, 2.45) is 5.92 Å². The fourth-order valence-electron chi connectivity index (χ4n) is 9.87. The Morgan fingerprint density at radius 3 is 2.45 bits per heavy atom. The van der Waals surface area contributed by atoms with Crippen LogP contribution in [0, 0.1) is 32.1 Å². The van der Waals surface area contributed by atoms with Crippen LogP contribution in [0.2, 0.25) is 0 Å². The number of fused-ring (bicyclic) bond motifs is 3. The molecule has 2 atom stereocenters. The summed E-state index contributed by atoms with van der Waals surface area (Å²) in [5, 5.41) is 27.1. The summed E-state index contributed by atoms with van der Waals surface area (Å²) in [6, 6.07) is 22.0. The zero-order chi connectivity index (χ0) is 43.2. The summed E-state index contributed by atoms with van der Waals surface area (Å²) in [5.41, 5.74) is 11.0. The predicted octanol–water partition coefficient (Wildman–Crippen LogP) is 7.90. The lowest BCUT2D eigenvalue weighted by atomic mass is 9.98. The van der Waals surface area contributed by atoms with Gasteiger partial charge < -0.3 is 19.1 Å². The third-order valence-electron chi connectivity index (χ3n) is 13.0. The SMILES string of the molecule is CCc1nccc(-c2ccc3c(c2)cc(C(=O)N2CCc4nn(-c5cc(C)cc(C)c5)c(N5Cc6ccc(-n7ccnc7)cc6C5=O)c4C2)n3[C@@]2(C(=N)NC(=O)O)C[C@@H]2C)c1C. The highest BCUT2D eigenvalue weighted by atomic mass is 16.4. The molecule has 3 aromatic carbocycles. The van der Waals surface area contributed by atoms with Crippen molar-refractivity contribution < 1.29 is 19.5 Å². The number of carbonyl (C=O) groups is 3. The fourth-order valence-corrected chi connectivity index (χ4v) is 9.87. The minimum absolute atomic E-state index is 0.120. The molecule has 3 aliphatic rings. The number of hydrogen-bond donors (Lipinski definition) is 3. The predicted molar refractivity (Wildman–Crippen MR) is 235 cm³/mol. The van der Waals surface area contributed by atoms with E-state index in [2.05, 4.69) is 53.4 Å². The molecular formula is C48H46N10O4. The van der Waals surface area contributed by atoms with Crippen LogP contribution in [-0.2, 0) is 31.5 Å².